The Labute approximate surface area is 183 Å². The van der Waals surface area contributed by atoms with E-state index in [2.05, 4.69) is 20.8 Å². The number of carboxylic acid groups (broad SMARTS) is 2. The van der Waals surface area contributed by atoms with Crippen LogP contribution in [0.4, 0.5) is 0 Å². The third kappa shape index (κ3) is 49.6. The van der Waals surface area contributed by atoms with Crippen LogP contribution in [0.2, 0.25) is 0 Å². The van der Waals surface area contributed by atoms with E-state index in [9.17, 15) is 14.7 Å². The summed E-state index contributed by atoms with van der Waals surface area (Å²) in [5.41, 5.74) is 5.97. The topological polar surface area (TPSA) is 103 Å². The molecule has 0 radical (unpaired) electrons. The molecule has 0 rings (SSSR count). The number of unbranched alkanes of at least 4 members (excludes halogenated alkanes) is 8. The Bertz CT molecular complexity index is 291. The van der Waals surface area contributed by atoms with Crippen LogP contribution in [-0.4, -0.2) is 22.6 Å². The number of carboxylic acids is 2. The second kappa shape index (κ2) is 24.9. The largest absolute Gasteiger partial charge is 1.00 e. The molecule has 0 saturated carbocycles. The SMILES string of the molecule is CCC(=O)O.CCC(=O)[O-].CCCCCCCCCCCC(C)(C)N.[Na+]. The predicted octanol–water partition coefficient (Wildman–Crippen LogP) is 1.28. The molecule has 26 heavy (non-hydrogen) atoms. The van der Waals surface area contributed by atoms with Crippen molar-refractivity contribution in [2.24, 2.45) is 5.73 Å². The van der Waals surface area contributed by atoms with Gasteiger partial charge in [-0.2, -0.15) is 0 Å². The molecule has 152 valence electrons. The molecule has 0 aliphatic heterocycles. The first kappa shape index (κ1) is 33.5. The summed E-state index contributed by atoms with van der Waals surface area (Å²) in [7, 11) is 0. The molecule has 0 fully saturated rings. The van der Waals surface area contributed by atoms with Gasteiger partial charge in [0.25, 0.3) is 0 Å². The molecule has 3 N–H and O–H groups in total. The number of nitrogens with two attached hydrogens (primary N) is 1. The van der Waals surface area contributed by atoms with E-state index in [4.69, 9.17) is 10.8 Å². The molecule has 0 aromatic carbocycles. The quantitative estimate of drug-likeness (QED) is 0.390. The van der Waals surface area contributed by atoms with Crippen molar-refractivity contribution >= 4 is 11.9 Å². The van der Waals surface area contributed by atoms with Gasteiger partial charge in [-0.3, -0.25) is 4.79 Å². The maximum Gasteiger partial charge on any atom is 1.00 e. The molecule has 0 aliphatic carbocycles. The molecule has 0 aliphatic rings. The van der Waals surface area contributed by atoms with E-state index in [1.165, 1.54) is 71.1 Å². The zero-order valence-electron chi connectivity index (χ0n) is 18.2. The standard InChI is InChI=1S/C14H31N.2C3H6O2.Na/c1-4-5-6-7-8-9-10-11-12-13-14(2,3)15;2*1-2-3(4)5;/h4-13,15H2,1-3H3;2*2H2,1H3,(H,4,5);/q;;;+1/p-1. The average Bonchev–Trinajstić information content (AvgIpc) is 2.53. The fourth-order valence-electron chi connectivity index (χ4n) is 1.89. The minimum Gasteiger partial charge on any atom is -0.550 e. The normalized spacial score (nSPS) is 9.77. The van der Waals surface area contributed by atoms with E-state index in [0.717, 1.165) is 0 Å². The van der Waals surface area contributed by atoms with Gasteiger partial charge in [-0.1, -0.05) is 78.6 Å². The van der Waals surface area contributed by atoms with Gasteiger partial charge in [0.15, 0.2) is 0 Å². The number of hydrogen-bond donors (Lipinski definition) is 2. The Kier molecular flexibility index (Phi) is 32.1. The summed E-state index contributed by atoms with van der Waals surface area (Å²) >= 11 is 0. The fourth-order valence-corrected chi connectivity index (χ4v) is 1.89. The molecule has 0 heterocycles. The Morgan fingerprint density at radius 2 is 1.15 bits per heavy atom. The molecule has 6 heteroatoms. The molecule has 5 nitrogen and oxygen atoms in total. The first-order chi connectivity index (χ1) is 11.6. The van der Waals surface area contributed by atoms with Gasteiger partial charge in [0.2, 0.25) is 0 Å². The predicted molar refractivity (Wildman–Crippen MR) is 103 cm³/mol. The number of carbonyl (C=O) groups is 2. The van der Waals surface area contributed by atoms with Gasteiger partial charge < -0.3 is 20.7 Å². The Morgan fingerprint density at radius 3 is 1.38 bits per heavy atom. The first-order valence-corrected chi connectivity index (χ1v) is 9.81. The van der Waals surface area contributed by atoms with Crippen LogP contribution in [0.3, 0.4) is 0 Å². The van der Waals surface area contributed by atoms with Crippen molar-refractivity contribution in [2.45, 2.75) is 117 Å². The van der Waals surface area contributed by atoms with Crippen molar-refractivity contribution < 1.29 is 49.4 Å². The van der Waals surface area contributed by atoms with Crippen molar-refractivity contribution in [3.05, 3.63) is 0 Å². The molecular formula is C20H42NNaO4. The molecule has 0 aromatic heterocycles. The third-order valence-electron chi connectivity index (χ3n) is 3.52. The first-order valence-electron chi connectivity index (χ1n) is 9.81. The molecule has 0 atom stereocenters. The molecule has 0 bridgehead atoms. The average molecular weight is 384 g/mol. The van der Waals surface area contributed by atoms with Crippen molar-refractivity contribution in [2.75, 3.05) is 0 Å². The van der Waals surface area contributed by atoms with Crippen LogP contribution in [0.15, 0.2) is 0 Å². The minimum absolute atomic E-state index is 0. The summed E-state index contributed by atoms with van der Waals surface area (Å²) in [5.74, 6) is -1.74. The maximum atomic E-state index is 9.37. The second-order valence-corrected chi connectivity index (χ2v) is 7.04. The molecule has 0 aromatic rings. The molecule has 0 spiro atoms. The molecule has 0 saturated heterocycles. The number of aliphatic carboxylic acids is 2. The van der Waals surface area contributed by atoms with E-state index in [-0.39, 0.29) is 47.9 Å². The van der Waals surface area contributed by atoms with Crippen LogP contribution >= 0.6 is 0 Å². The van der Waals surface area contributed by atoms with Crippen LogP contribution < -0.4 is 40.4 Å². The molecular weight excluding hydrogens is 341 g/mol. The van der Waals surface area contributed by atoms with Gasteiger partial charge in [-0.05, 0) is 26.7 Å². The van der Waals surface area contributed by atoms with E-state index in [0.29, 0.717) is 0 Å². The van der Waals surface area contributed by atoms with Gasteiger partial charge >= 0.3 is 35.5 Å². The maximum absolute atomic E-state index is 9.37. The monoisotopic (exact) mass is 383 g/mol. The van der Waals surface area contributed by atoms with Crippen LogP contribution in [0.25, 0.3) is 0 Å². The minimum atomic E-state index is -0.995. The van der Waals surface area contributed by atoms with Crippen molar-refractivity contribution in [3.8, 4) is 0 Å². The zero-order valence-corrected chi connectivity index (χ0v) is 20.2. The van der Waals surface area contributed by atoms with Crippen LogP contribution in [0.1, 0.15) is 112 Å². The number of rotatable bonds is 12. The van der Waals surface area contributed by atoms with Crippen LogP contribution in [0.5, 0.6) is 0 Å². The van der Waals surface area contributed by atoms with Crippen molar-refractivity contribution in [3.63, 3.8) is 0 Å². The van der Waals surface area contributed by atoms with Gasteiger partial charge in [-0.25, -0.2) is 0 Å². The van der Waals surface area contributed by atoms with Gasteiger partial charge in [0.05, 0.1) is 0 Å². The van der Waals surface area contributed by atoms with Gasteiger partial charge in [0, 0.05) is 17.9 Å². The van der Waals surface area contributed by atoms with E-state index >= 15 is 0 Å². The van der Waals surface area contributed by atoms with Crippen molar-refractivity contribution in [1.82, 2.24) is 0 Å². The van der Waals surface area contributed by atoms with Crippen LogP contribution in [0, 0.1) is 0 Å². The molecule has 0 amide bonds. The van der Waals surface area contributed by atoms with Crippen molar-refractivity contribution in [1.29, 1.82) is 0 Å². The second-order valence-electron chi connectivity index (χ2n) is 7.04. The summed E-state index contributed by atoms with van der Waals surface area (Å²) in [5, 5.41) is 17.0. The summed E-state index contributed by atoms with van der Waals surface area (Å²) < 4.78 is 0. The summed E-state index contributed by atoms with van der Waals surface area (Å²) in [6.45, 7) is 9.65. The third-order valence-corrected chi connectivity index (χ3v) is 3.52. The van der Waals surface area contributed by atoms with Crippen LogP contribution in [-0.2, 0) is 9.59 Å². The summed E-state index contributed by atoms with van der Waals surface area (Å²) in [4.78, 5) is 18.6. The van der Waals surface area contributed by atoms with E-state index in [1.54, 1.807) is 6.92 Å². The fraction of sp³-hybridized carbons (Fsp3) is 0.900. The summed E-state index contributed by atoms with van der Waals surface area (Å²) in [6.07, 6.45) is 14.1. The number of hydrogen-bond acceptors (Lipinski definition) is 4. The zero-order chi connectivity index (χ0) is 20.1. The Morgan fingerprint density at radius 1 is 0.846 bits per heavy atom. The van der Waals surface area contributed by atoms with Gasteiger partial charge in [0.1, 0.15) is 0 Å². The van der Waals surface area contributed by atoms with Gasteiger partial charge in [-0.15, -0.1) is 0 Å². The van der Waals surface area contributed by atoms with E-state index in [1.807, 2.05) is 0 Å². The summed E-state index contributed by atoms with van der Waals surface area (Å²) in [6, 6.07) is 0. The molecule has 0 unspecified atom stereocenters. The smallest absolute Gasteiger partial charge is 0.550 e. The number of carbonyl (C=O) groups excluding carboxylic acids is 1. The van der Waals surface area contributed by atoms with E-state index < -0.39 is 11.9 Å². The Hall–Kier alpha value is -0.100. The Balaban J connectivity index is -0.000000182.